The van der Waals surface area contributed by atoms with Gasteiger partial charge in [-0.2, -0.15) is 0 Å². The molecule has 2 aliphatic heterocycles. The van der Waals surface area contributed by atoms with E-state index in [1.54, 1.807) is 16.8 Å². The van der Waals surface area contributed by atoms with Gasteiger partial charge in [0, 0.05) is 44.3 Å². The van der Waals surface area contributed by atoms with Crippen LogP contribution in [0.3, 0.4) is 0 Å². The van der Waals surface area contributed by atoms with Gasteiger partial charge in [0.1, 0.15) is 17.3 Å². The maximum absolute atomic E-state index is 15.1. The molecule has 0 aliphatic carbocycles. The maximum atomic E-state index is 15.1. The monoisotopic (exact) mass is 562 g/mol. The summed E-state index contributed by atoms with van der Waals surface area (Å²) in [5.74, 6) is -0.917. The van der Waals surface area contributed by atoms with Gasteiger partial charge in [0.05, 0.1) is 39.4 Å². The number of nitrogens with one attached hydrogen (secondary N) is 1. The van der Waals surface area contributed by atoms with Gasteiger partial charge in [0.15, 0.2) is 5.65 Å². The predicted octanol–water partition coefficient (Wildman–Crippen LogP) is 4.99. The fourth-order valence-corrected chi connectivity index (χ4v) is 6.35. The molecule has 3 aromatic heterocycles. The summed E-state index contributed by atoms with van der Waals surface area (Å²) in [6.07, 6.45) is 1.74. The van der Waals surface area contributed by atoms with E-state index < -0.39 is 5.82 Å². The van der Waals surface area contributed by atoms with Crippen molar-refractivity contribution in [2.45, 2.75) is 45.7 Å². The number of piperazine rings is 1. The lowest BCUT2D eigenvalue weighted by molar-refractivity contribution is 0.403. The molecule has 2 aliphatic rings. The number of aromatic nitrogens is 3. The highest BCUT2D eigenvalue weighted by Crippen LogP contribution is 2.44. The molecule has 2 atom stereocenters. The van der Waals surface area contributed by atoms with Gasteiger partial charge >= 0.3 is 0 Å². The fraction of sp³-hybridized carbons (Fsp3) is 0.367. The van der Waals surface area contributed by atoms with E-state index in [2.05, 4.69) is 22.1 Å². The van der Waals surface area contributed by atoms with Crippen LogP contribution in [0.4, 0.5) is 15.8 Å². The summed E-state index contributed by atoms with van der Waals surface area (Å²) >= 11 is 6.83. The van der Waals surface area contributed by atoms with E-state index in [4.69, 9.17) is 16.6 Å². The second kappa shape index (κ2) is 9.74. The van der Waals surface area contributed by atoms with Crippen molar-refractivity contribution in [1.29, 1.82) is 0 Å². The molecule has 4 aromatic rings. The zero-order chi connectivity index (χ0) is 28.5. The van der Waals surface area contributed by atoms with E-state index in [-0.39, 0.29) is 45.6 Å². The van der Waals surface area contributed by atoms with Crippen molar-refractivity contribution in [2.75, 3.05) is 36.5 Å². The number of hydrogen-bond acceptors (Lipinski definition) is 7. The minimum atomic E-state index is -0.656. The lowest BCUT2D eigenvalue weighted by atomic mass is 9.99. The second-order valence-electron chi connectivity index (χ2n) is 11.2. The molecule has 40 heavy (non-hydrogen) atoms. The Kier molecular flexibility index (Phi) is 6.46. The number of phenolic OH excluding ortho intramolecular Hbond substituents is 1. The summed E-state index contributed by atoms with van der Waals surface area (Å²) in [6, 6.07) is 8.06. The molecule has 0 amide bonds. The summed E-state index contributed by atoms with van der Waals surface area (Å²) in [4.78, 5) is 28.5. The summed E-state index contributed by atoms with van der Waals surface area (Å²) in [6.45, 7) is 10.3. The Morgan fingerprint density at radius 3 is 2.67 bits per heavy atom. The Balaban J connectivity index is 1.80. The summed E-state index contributed by atoms with van der Waals surface area (Å²) in [7, 11) is 1.94. The smallest absolute Gasteiger partial charge is 0.282 e. The van der Waals surface area contributed by atoms with Gasteiger partial charge in [-0.1, -0.05) is 31.5 Å². The van der Waals surface area contributed by atoms with Crippen LogP contribution in [0.1, 0.15) is 37.9 Å². The van der Waals surface area contributed by atoms with Crippen LogP contribution in [-0.4, -0.2) is 58.4 Å². The highest BCUT2D eigenvalue weighted by molar-refractivity contribution is 6.34. The molecule has 5 heterocycles. The van der Waals surface area contributed by atoms with Crippen LogP contribution >= 0.6 is 11.6 Å². The zero-order valence-corrected chi connectivity index (χ0v) is 23.9. The number of hydrogen-bond donors (Lipinski definition) is 2. The van der Waals surface area contributed by atoms with Gasteiger partial charge in [-0.05, 0) is 49.6 Å². The zero-order valence-electron chi connectivity index (χ0n) is 23.2. The van der Waals surface area contributed by atoms with Crippen LogP contribution in [0.2, 0.25) is 5.02 Å². The number of pyridine rings is 3. The van der Waals surface area contributed by atoms with E-state index >= 15 is 4.39 Å². The average Bonchev–Trinajstić information content (AvgIpc) is 2.89. The van der Waals surface area contributed by atoms with Gasteiger partial charge in [-0.15, -0.1) is 0 Å². The number of aromatic hydroxyl groups is 1. The highest BCUT2D eigenvalue weighted by atomic mass is 35.5. The standard InChI is InChI=1S/C30H32ClFN6O2/c1-15(2)24-26(16(3)9-10-33-24)38-29-19(11-20(31)25(35-29)23-21(32)7-6-8-22(23)39)27-28(30(38)40)36(5)14-18-12-34-17(4)13-37(18)27/h6-11,15,17-18,34,39H,12-14H2,1-5H3/t17-,18-/m1/s1. The molecule has 6 rings (SSSR count). The first-order chi connectivity index (χ1) is 19.1. The molecule has 8 nitrogen and oxygen atoms in total. The molecule has 0 saturated carbocycles. The Morgan fingerprint density at radius 2 is 1.95 bits per heavy atom. The highest BCUT2D eigenvalue weighted by Gasteiger charge is 2.38. The average molecular weight is 563 g/mol. The molecule has 10 heteroatoms. The molecule has 208 valence electrons. The molecule has 0 spiro atoms. The van der Waals surface area contributed by atoms with Crippen LogP contribution in [0.25, 0.3) is 28.0 Å². The quantitative estimate of drug-likeness (QED) is 0.364. The normalized spacial score (nSPS) is 18.8. The van der Waals surface area contributed by atoms with Crippen LogP contribution in [0, 0.1) is 12.7 Å². The van der Waals surface area contributed by atoms with Gasteiger partial charge in [-0.3, -0.25) is 14.3 Å². The predicted molar refractivity (Wildman–Crippen MR) is 158 cm³/mol. The first-order valence-electron chi connectivity index (χ1n) is 13.5. The molecule has 1 saturated heterocycles. The van der Waals surface area contributed by atoms with E-state index in [0.717, 1.165) is 23.5 Å². The lowest BCUT2D eigenvalue weighted by Gasteiger charge is -2.48. The molecule has 0 bridgehead atoms. The van der Waals surface area contributed by atoms with Gasteiger partial charge in [0.25, 0.3) is 5.56 Å². The number of anilines is 2. The van der Waals surface area contributed by atoms with E-state index in [9.17, 15) is 9.90 Å². The summed E-state index contributed by atoms with van der Waals surface area (Å²) in [5.41, 5.74) is 3.67. The third-order valence-corrected chi connectivity index (χ3v) is 8.26. The second-order valence-corrected chi connectivity index (χ2v) is 11.6. The maximum Gasteiger partial charge on any atom is 0.282 e. The van der Waals surface area contributed by atoms with Crippen LogP contribution in [-0.2, 0) is 0 Å². The minimum absolute atomic E-state index is 0.0198. The van der Waals surface area contributed by atoms with Crippen molar-refractivity contribution >= 4 is 34.0 Å². The molecule has 1 fully saturated rings. The Bertz CT molecular complexity index is 1700. The number of likely N-dealkylation sites (N-methyl/N-ethyl adjacent to an activating group) is 1. The Morgan fingerprint density at radius 1 is 1.18 bits per heavy atom. The molecule has 2 N–H and O–H groups in total. The third kappa shape index (κ3) is 4.02. The first kappa shape index (κ1) is 26.5. The topological polar surface area (TPSA) is 86.5 Å². The van der Waals surface area contributed by atoms with Crippen molar-refractivity contribution < 1.29 is 9.50 Å². The SMILES string of the molecule is Cc1ccnc(C(C)C)c1-n1c(=O)c2c(c3cc(Cl)c(-c4c(O)cccc4F)nc31)N1C[C@@H](C)NC[C@@H]1CN2C. The first-order valence-corrected chi connectivity index (χ1v) is 13.9. The van der Waals surface area contributed by atoms with Crippen LogP contribution < -0.4 is 20.7 Å². The number of fused-ring (bicyclic) bond motifs is 5. The minimum Gasteiger partial charge on any atom is -0.507 e. The molecular weight excluding hydrogens is 531 g/mol. The van der Waals surface area contributed by atoms with Crippen LogP contribution in [0.15, 0.2) is 41.3 Å². The van der Waals surface area contributed by atoms with Crippen molar-refractivity contribution in [1.82, 2.24) is 19.9 Å². The van der Waals surface area contributed by atoms with Gasteiger partial charge in [0.2, 0.25) is 0 Å². The fourth-order valence-electron chi connectivity index (χ4n) is 6.10. The summed E-state index contributed by atoms with van der Waals surface area (Å²) in [5, 5.41) is 15.0. The lowest BCUT2D eigenvalue weighted by Crippen LogP contribution is -2.62. The number of rotatable bonds is 3. The number of phenols is 1. The Hall–Kier alpha value is -3.69. The van der Waals surface area contributed by atoms with Crippen LogP contribution in [0.5, 0.6) is 5.75 Å². The number of benzene rings is 1. The number of halogens is 2. The largest absolute Gasteiger partial charge is 0.507 e. The Labute approximate surface area is 237 Å². The number of aryl methyl sites for hydroxylation is 1. The van der Waals surface area contributed by atoms with Gasteiger partial charge in [-0.25, -0.2) is 9.37 Å². The van der Waals surface area contributed by atoms with E-state index in [1.807, 2.05) is 38.8 Å². The molecule has 0 unspecified atom stereocenters. The van der Waals surface area contributed by atoms with Crippen molar-refractivity contribution in [2.24, 2.45) is 0 Å². The molecular formula is C30H32ClFN6O2. The molecule has 0 radical (unpaired) electrons. The summed E-state index contributed by atoms with van der Waals surface area (Å²) < 4.78 is 16.7. The van der Waals surface area contributed by atoms with Crippen molar-refractivity contribution in [3.05, 3.63) is 69.0 Å². The van der Waals surface area contributed by atoms with E-state index in [1.165, 1.54) is 18.2 Å². The molecule has 1 aromatic carbocycles. The third-order valence-electron chi connectivity index (χ3n) is 7.97. The van der Waals surface area contributed by atoms with Gasteiger partial charge < -0.3 is 20.2 Å². The van der Waals surface area contributed by atoms with E-state index in [0.29, 0.717) is 35.5 Å². The van der Waals surface area contributed by atoms with Crippen molar-refractivity contribution in [3.8, 4) is 22.7 Å². The number of nitrogens with zero attached hydrogens (tertiary/aromatic N) is 5. The van der Waals surface area contributed by atoms with Crippen molar-refractivity contribution in [3.63, 3.8) is 0 Å².